The fourth-order valence-corrected chi connectivity index (χ4v) is 1.92. The first kappa shape index (κ1) is 12.6. The highest BCUT2D eigenvalue weighted by Crippen LogP contribution is 2.30. The van der Waals surface area contributed by atoms with Gasteiger partial charge in [-0.2, -0.15) is 0 Å². The zero-order chi connectivity index (χ0) is 12.3. The van der Waals surface area contributed by atoms with Gasteiger partial charge in [-0.25, -0.2) is 0 Å². The lowest BCUT2D eigenvalue weighted by Gasteiger charge is -2.21. The second-order valence-electron chi connectivity index (χ2n) is 5.10. The molecule has 1 saturated carbocycles. The minimum Gasteiger partial charge on any atom is -0.376 e. The van der Waals surface area contributed by atoms with Crippen molar-refractivity contribution in [1.29, 1.82) is 0 Å². The maximum atomic E-state index is 6.21. The van der Waals surface area contributed by atoms with Crippen molar-refractivity contribution in [3.63, 3.8) is 0 Å². The summed E-state index contributed by atoms with van der Waals surface area (Å²) in [5.41, 5.74) is 8.74. The zero-order valence-electron chi connectivity index (χ0n) is 10.9. The molecule has 0 heterocycles. The zero-order valence-corrected chi connectivity index (χ0v) is 10.9. The molecule has 2 rings (SSSR count). The van der Waals surface area contributed by atoms with E-state index in [0.717, 1.165) is 18.9 Å². The smallest absolute Gasteiger partial charge is 0.0739 e. The Bertz CT molecular complexity index is 342. The molecule has 0 radical (unpaired) electrons. The molecule has 0 aliphatic heterocycles. The van der Waals surface area contributed by atoms with E-state index in [4.69, 9.17) is 10.5 Å². The first-order chi connectivity index (χ1) is 8.20. The minimum absolute atomic E-state index is 0.0142. The number of rotatable bonds is 6. The van der Waals surface area contributed by atoms with Crippen LogP contribution in [0.4, 0.5) is 0 Å². The van der Waals surface area contributed by atoms with Crippen molar-refractivity contribution in [2.75, 3.05) is 6.61 Å². The summed E-state index contributed by atoms with van der Waals surface area (Å²) in [6.07, 6.45) is 3.83. The molecule has 1 aromatic carbocycles. The summed E-state index contributed by atoms with van der Waals surface area (Å²) < 4.78 is 5.81. The fourth-order valence-electron chi connectivity index (χ4n) is 1.92. The molecule has 1 aromatic rings. The van der Waals surface area contributed by atoms with Crippen LogP contribution in [0.5, 0.6) is 0 Å². The van der Waals surface area contributed by atoms with Crippen molar-refractivity contribution >= 4 is 0 Å². The number of ether oxygens (including phenoxy) is 1. The molecule has 17 heavy (non-hydrogen) atoms. The molecular formula is C15H23NO. The van der Waals surface area contributed by atoms with Crippen LogP contribution in [-0.4, -0.2) is 12.7 Å². The van der Waals surface area contributed by atoms with Crippen molar-refractivity contribution in [2.24, 2.45) is 11.7 Å². The molecule has 1 fully saturated rings. The second-order valence-corrected chi connectivity index (χ2v) is 5.10. The molecule has 2 unspecified atom stereocenters. The van der Waals surface area contributed by atoms with E-state index in [0.29, 0.717) is 0 Å². The Balaban J connectivity index is 1.89. The maximum absolute atomic E-state index is 6.21. The van der Waals surface area contributed by atoms with Gasteiger partial charge in [-0.15, -0.1) is 0 Å². The number of hydrogen-bond acceptors (Lipinski definition) is 2. The highest BCUT2D eigenvalue weighted by atomic mass is 16.5. The third-order valence-corrected chi connectivity index (χ3v) is 3.57. The Morgan fingerprint density at radius 3 is 2.47 bits per heavy atom. The van der Waals surface area contributed by atoms with Gasteiger partial charge >= 0.3 is 0 Å². The van der Waals surface area contributed by atoms with Crippen LogP contribution in [0.2, 0.25) is 0 Å². The Hall–Kier alpha value is -0.860. The van der Waals surface area contributed by atoms with Gasteiger partial charge in [0.05, 0.1) is 12.1 Å². The van der Waals surface area contributed by atoms with E-state index in [1.165, 1.54) is 24.0 Å². The first-order valence-corrected chi connectivity index (χ1v) is 6.66. The molecule has 94 valence electrons. The molecule has 0 amide bonds. The van der Waals surface area contributed by atoms with E-state index in [9.17, 15) is 0 Å². The average molecular weight is 233 g/mol. The van der Waals surface area contributed by atoms with Gasteiger partial charge in [0.25, 0.3) is 0 Å². The maximum Gasteiger partial charge on any atom is 0.0739 e. The summed E-state index contributed by atoms with van der Waals surface area (Å²) in [4.78, 5) is 0. The van der Waals surface area contributed by atoms with Gasteiger partial charge in [-0.1, -0.05) is 31.2 Å². The van der Waals surface area contributed by atoms with Gasteiger partial charge in [-0.05, 0) is 43.2 Å². The molecular weight excluding hydrogens is 210 g/mol. The molecule has 2 atom stereocenters. The lowest BCUT2D eigenvalue weighted by molar-refractivity contribution is 0.0410. The van der Waals surface area contributed by atoms with E-state index >= 15 is 0 Å². The average Bonchev–Trinajstić information content (AvgIpc) is 3.19. The normalized spacial score (nSPS) is 19.0. The Labute approximate surface area is 104 Å². The van der Waals surface area contributed by atoms with Crippen LogP contribution in [0.15, 0.2) is 24.3 Å². The molecule has 1 aliphatic carbocycles. The summed E-state index contributed by atoms with van der Waals surface area (Å²) in [6.45, 7) is 5.11. The predicted molar refractivity (Wildman–Crippen MR) is 70.9 cm³/mol. The topological polar surface area (TPSA) is 35.2 Å². The van der Waals surface area contributed by atoms with Crippen molar-refractivity contribution in [2.45, 2.75) is 45.3 Å². The lowest BCUT2D eigenvalue weighted by atomic mass is 10.0. The van der Waals surface area contributed by atoms with Gasteiger partial charge in [0, 0.05) is 6.61 Å². The standard InChI is InChI=1S/C15H23NO/c1-3-12-6-8-14(9-7-12)15(16)11(2)17-10-13-4-5-13/h6-9,11,13,15H,3-5,10,16H2,1-2H3. The van der Waals surface area contributed by atoms with E-state index in [2.05, 4.69) is 38.1 Å². The summed E-state index contributed by atoms with van der Waals surface area (Å²) >= 11 is 0. The third kappa shape index (κ3) is 3.55. The van der Waals surface area contributed by atoms with Crippen molar-refractivity contribution in [3.05, 3.63) is 35.4 Å². The van der Waals surface area contributed by atoms with E-state index in [1.807, 2.05) is 0 Å². The number of aryl methyl sites for hydroxylation is 1. The molecule has 0 spiro atoms. The van der Waals surface area contributed by atoms with Crippen molar-refractivity contribution in [1.82, 2.24) is 0 Å². The molecule has 2 heteroatoms. The van der Waals surface area contributed by atoms with Crippen LogP contribution < -0.4 is 5.73 Å². The molecule has 0 bridgehead atoms. The lowest BCUT2D eigenvalue weighted by Crippen LogP contribution is -2.27. The summed E-state index contributed by atoms with van der Waals surface area (Å²) in [6, 6.07) is 8.55. The summed E-state index contributed by atoms with van der Waals surface area (Å²) in [7, 11) is 0. The molecule has 1 aliphatic rings. The van der Waals surface area contributed by atoms with Gasteiger partial charge in [0.15, 0.2) is 0 Å². The van der Waals surface area contributed by atoms with E-state index in [-0.39, 0.29) is 12.1 Å². The predicted octanol–water partition coefficient (Wildman–Crippen LogP) is 3.06. The quantitative estimate of drug-likeness (QED) is 0.819. The Morgan fingerprint density at radius 2 is 1.94 bits per heavy atom. The highest BCUT2D eigenvalue weighted by molar-refractivity contribution is 5.25. The van der Waals surface area contributed by atoms with E-state index in [1.54, 1.807) is 0 Å². The van der Waals surface area contributed by atoms with Crippen LogP contribution in [0, 0.1) is 5.92 Å². The van der Waals surface area contributed by atoms with Crippen LogP contribution in [0.3, 0.4) is 0 Å². The van der Waals surface area contributed by atoms with Gasteiger partial charge in [0.1, 0.15) is 0 Å². The number of hydrogen-bond donors (Lipinski definition) is 1. The minimum atomic E-state index is -0.0142. The fraction of sp³-hybridized carbons (Fsp3) is 0.600. The third-order valence-electron chi connectivity index (χ3n) is 3.57. The highest BCUT2D eigenvalue weighted by Gasteiger charge is 2.24. The Kier molecular flexibility index (Phi) is 4.19. The van der Waals surface area contributed by atoms with Gasteiger partial charge in [-0.3, -0.25) is 0 Å². The van der Waals surface area contributed by atoms with Crippen molar-refractivity contribution < 1.29 is 4.74 Å². The Morgan fingerprint density at radius 1 is 1.29 bits per heavy atom. The monoisotopic (exact) mass is 233 g/mol. The number of nitrogens with two attached hydrogens (primary N) is 1. The molecule has 0 aromatic heterocycles. The molecule has 2 N–H and O–H groups in total. The largest absolute Gasteiger partial charge is 0.376 e. The van der Waals surface area contributed by atoms with Crippen LogP contribution in [0.25, 0.3) is 0 Å². The van der Waals surface area contributed by atoms with Gasteiger partial charge < -0.3 is 10.5 Å². The molecule has 0 saturated heterocycles. The van der Waals surface area contributed by atoms with Crippen LogP contribution in [0.1, 0.15) is 43.9 Å². The summed E-state index contributed by atoms with van der Waals surface area (Å²) in [5.74, 6) is 0.798. The first-order valence-electron chi connectivity index (χ1n) is 6.66. The van der Waals surface area contributed by atoms with Crippen LogP contribution in [-0.2, 0) is 11.2 Å². The van der Waals surface area contributed by atoms with Gasteiger partial charge in [0.2, 0.25) is 0 Å². The second kappa shape index (κ2) is 5.65. The number of benzene rings is 1. The van der Waals surface area contributed by atoms with Crippen molar-refractivity contribution in [3.8, 4) is 0 Å². The van der Waals surface area contributed by atoms with E-state index < -0.39 is 0 Å². The SMILES string of the molecule is CCc1ccc(C(N)C(C)OCC2CC2)cc1. The molecule has 2 nitrogen and oxygen atoms in total. The summed E-state index contributed by atoms with van der Waals surface area (Å²) in [5, 5.41) is 0. The van der Waals surface area contributed by atoms with Crippen LogP contribution >= 0.6 is 0 Å².